The standard InChI is InChI=1S/C15H17ClN6O2S/c16-14-17-8-13(25-14)9-21-11-20(10-18-15(21)19-22(23)24)7-6-12-4-2-1-3-5-12/h1-5,8H,6-7,9-11H2,(H,18,19). The number of nitrogens with one attached hydrogen (secondary N) is 1. The number of halogens is 1. The van der Waals surface area contributed by atoms with Crippen molar-refractivity contribution in [2.45, 2.75) is 13.0 Å². The van der Waals surface area contributed by atoms with Gasteiger partial charge in [0.25, 0.3) is 5.96 Å². The van der Waals surface area contributed by atoms with Crippen LogP contribution in [-0.2, 0) is 13.0 Å². The fourth-order valence-corrected chi connectivity index (χ4v) is 3.57. The molecule has 8 nitrogen and oxygen atoms in total. The molecule has 132 valence electrons. The second kappa shape index (κ2) is 8.24. The average molecular weight is 381 g/mol. The Bertz CT molecular complexity index is 753. The van der Waals surface area contributed by atoms with Gasteiger partial charge in [-0.25, -0.2) is 15.1 Å². The third kappa shape index (κ3) is 5.12. The van der Waals surface area contributed by atoms with Crippen LogP contribution in [0.1, 0.15) is 10.4 Å². The van der Waals surface area contributed by atoms with Gasteiger partial charge in [-0.1, -0.05) is 41.9 Å². The summed E-state index contributed by atoms with van der Waals surface area (Å²) in [5.74, 6) is 0.255. The van der Waals surface area contributed by atoms with E-state index in [1.165, 1.54) is 16.9 Å². The van der Waals surface area contributed by atoms with Crippen molar-refractivity contribution in [2.24, 2.45) is 5.10 Å². The van der Waals surface area contributed by atoms with Gasteiger partial charge in [-0.2, -0.15) is 0 Å². The fourth-order valence-electron chi connectivity index (χ4n) is 2.58. The predicted molar refractivity (Wildman–Crippen MR) is 96.8 cm³/mol. The molecule has 1 fully saturated rings. The van der Waals surface area contributed by atoms with Crippen LogP contribution in [0.2, 0.25) is 4.47 Å². The first kappa shape index (κ1) is 17.6. The molecular weight excluding hydrogens is 364 g/mol. The summed E-state index contributed by atoms with van der Waals surface area (Å²) in [7, 11) is 0. The molecule has 2 aromatic rings. The Hall–Kier alpha value is -2.23. The van der Waals surface area contributed by atoms with E-state index in [1.807, 2.05) is 23.1 Å². The first-order chi connectivity index (χ1) is 12.1. The first-order valence-corrected chi connectivity index (χ1v) is 8.88. The molecule has 25 heavy (non-hydrogen) atoms. The maximum Gasteiger partial charge on any atom is 0.273 e. The molecule has 3 rings (SSSR count). The van der Waals surface area contributed by atoms with Crippen molar-refractivity contribution in [1.29, 1.82) is 0 Å². The van der Waals surface area contributed by atoms with Crippen molar-refractivity contribution in [1.82, 2.24) is 20.1 Å². The zero-order valence-corrected chi connectivity index (χ0v) is 14.9. The summed E-state index contributed by atoms with van der Waals surface area (Å²) >= 11 is 7.22. The summed E-state index contributed by atoms with van der Waals surface area (Å²) in [4.78, 5) is 19.7. The van der Waals surface area contributed by atoms with Gasteiger partial charge >= 0.3 is 0 Å². The largest absolute Gasteiger partial charge is 0.338 e. The van der Waals surface area contributed by atoms with Gasteiger partial charge in [-0.15, -0.1) is 11.3 Å². The van der Waals surface area contributed by atoms with E-state index >= 15 is 0 Å². The summed E-state index contributed by atoms with van der Waals surface area (Å²) in [6.45, 7) is 2.36. The number of thiazole rings is 1. The smallest absolute Gasteiger partial charge is 0.273 e. The number of hydrazone groups is 1. The lowest BCUT2D eigenvalue weighted by molar-refractivity contribution is -0.486. The quantitative estimate of drug-likeness (QED) is 0.610. The Morgan fingerprint density at radius 3 is 2.88 bits per heavy atom. The molecule has 0 bridgehead atoms. The molecule has 1 aromatic carbocycles. The van der Waals surface area contributed by atoms with Crippen LogP contribution in [0, 0.1) is 10.1 Å². The van der Waals surface area contributed by atoms with E-state index in [1.54, 1.807) is 6.20 Å². The normalized spacial score (nSPS) is 16.8. The number of hydrogen-bond donors (Lipinski definition) is 1. The second-order valence-electron chi connectivity index (χ2n) is 5.55. The van der Waals surface area contributed by atoms with E-state index in [9.17, 15) is 10.1 Å². The van der Waals surface area contributed by atoms with Gasteiger partial charge in [0.15, 0.2) is 9.50 Å². The van der Waals surface area contributed by atoms with Gasteiger partial charge in [0.2, 0.25) is 0 Å². The third-order valence-electron chi connectivity index (χ3n) is 3.74. The average Bonchev–Trinajstić information content (AvgIpc) is 3.00. The molecule has 0 atom stereocenters. The lowest BCUT2D eigenvalue weighted by atomic mass is 10.1. The van der Waals surface area contributed by atoms with Crippen LogP contribution < -0.4 is 5.32 Å². The van der Waals surface area contributed by atoms with Crippen molar-refractivity contribution >= 4 is 28.9 Å². The van der Waals surface area contributed by atoms with E-state index in [0.29, 0.717) is 24.3 Å². The van der Waals surface area contributed by atoms with Crippen LogP contribution in [0.5, 0.6) is 0 Å². The lowest BCUT2D eigenvalue weighted by Crippen LogP contribution is -2.57. The molecule has 0 unspecified atom stereocenters. The summed E-state index contributed by atoms with van der Waals surface area (Å²) in [5, 5.41) is 16.6. The Balaban J connectivity index is 1.65. The molecule has 1 aliphatic heterocycles. The number of nitro groups is 1. The Morgan fingerprint density at radius 2 is 2.20 bits per heavy atom. The number of nitrogens with zero attached hydrogens (tertiary/aromatic N) is 5. The highest BCUT2D eigenvalue weighted by Gasteiger charge is 2.25. The van der Waals surface area contributed by atoms with Crippen LogP contribution in [0.15, 0.2) is 41.6 Å². The minimum absolute atomic E-state index is 0.255. The maximum absolute atomic E-state index is 10.8. The van der Waals surface area contributed by atoms with Crippen molar-refractivity contribution in [3.63, 3.8) is 0 Å². The minimum Gasteiger partial charge on any atom is -0.338 e. The fraction of sp³-hybridized carbons (Fsp3) is 0.333. The first-order valence-electron chi connectivity index (χ1n) is 7.68. The second-order valence-corrected chi connectivity index (χ2v) is 7.24. The summed E-state index contributed by atoms with van der Waals surface area (Å²) in [5.41, 5.74) is 1.26. The molecular formula is C15H17ClN6O2S. The highest BCUT2D eigenvalue weighted by Crippen LogP contribution is 2.20. The van der Waals surface area contributed by atoms with Crippen LogP contribution in [0.4, 0.5) is 0 Å². The Labute approximate surface area is 153 Å². The zero-order chi connectivity index (χ0) is 17.6. The molecule has 2 heterocycles. The van der Waals surface area contributed by atoms with E-state index in [4.69, 9.17) is 11.6 Å². The van der Waals surface area contributed by atoms with Gasteiger partial charge in [-0.05, 0) is 12.0 Å². The SMILES string of the molecule is O=[N+]([O-])/N=C1\NCN(CCc2ccccc2)CN1Cc1cnc(Cl)s1. The van der Waals surface area contributed by atoms with Crippen LogP contribution in [-0.4, -0.2) is 45.7 Å². The molecule has 0 amide bonds. The van der Waals surface area contributed by atoms with Crippen LogP contribution in [0.3, 0.4) is 0 Å². The van der Waals surface area contributed by atoms with E-state index < -0.39 is 5.03 Å². The highest BCUT2D eigenvalue weighted by atomic mass is 35.5. The zero-order valence-electron chi connectivity index (χ0n) is 13.3. The molecule has 0 aliphatic carbocycles. The molecule has 0 radical (unpaired) electrons. The number of aromatic nitrogens is 1. The van der Waals surface area contributed by atoms with E-state index in [-0.39, 0.29) is 5.96 Å². The highest BCUT2D eigenvalue weighted by molar-refractivity contribution is 7.15. The lowest BCUT2D eigenvalue weighted by Gasteiger charge is -2.36. The topological polar surface area (TPSA) is 86.9 Å². The van der Waals surface area contributed by atoms with E-state index in [0.717, 1.165) is 17.8 Å². The van der Waals surface area contributed by atoms with Crippen LogP contribution in [0.25, 0.3) is 0 Å². The van der Waals surface area contributed by atoms with Gasteiger partial charge < -0.3 is 10.2 Å². The monoisotopic (exact) mass is 380 g/mol. The van der Waals surface area contributed by atoms with Gasteiger partial charge in [-0.3, -0.25) is 4.90 Å². The molecule has 0 saturated carbocycles. The molecule has 0 spiro atoms. The van der Waals surface area contributed by atoms with E-state index in [2.05, 4.69) is 32.4 Å². The maximum atomic E-state index is 10.8. The predicted octanol–water partition coefficient (Wildman–Crippen LogP) is 2.21. The summed E-state index contributed by atoms with van der Waals surface area (Å²) in [6.07, 6.45) is 2.59. The number of guanidine groups is 1. The Morgan fingerprint density at radius 1 is 1.40 bits per heavy atom. The molecule has 1 N–H and O–H groups in total. The van der Waals surface area contributed by atoms with Gasteiger partial charge in [0.1, 0.15) is 5.10 Å². The van der Waals surface area contributed by atoms with Crippen molar-refractivity contribution in [3.8, 4) is 0 Å². The van der Waals surface area contributed by atoms with Crippen molar-refractivity contribution in [3.05, 3.63) is 61.6 Å². The number of hydrogen-bond acceptors (Lipinski definition) is 5. The number of benzene rings is 1. The molecule has 1 saturated heterocycles. The molecule has 1 aliphatic rings. The van der Waals surface area contributed by atoms with Crippen LogP contribution >= 0.6 is 22.9 Å². The Kier molecular flexibility index (Phi) is 5.79. The molecule has 1 aromatic heterocycles. The summed E-state index contributed by atoms with van der Waals surface area (Å²) in [6, 6.07) is 10.2. The van der Waals surface area contributed by atoms with Crippen molar-refractivity contribution < 1.29 is 5.03 Å². The third-order valence-corrected chi connectivity index (χ3v) is 4.84. The molecule has 10 heteroatoms. The van der Waals surface area contributed by atoms with Gasteiger partial charge in [0, 0.05) is 17.6 Å². The van der Waals surface area contributed by atoms with Crippen molar-refractivity contribution in [2.75, 3.05) is 19.9 Å². The van der Waals surface area contributed by atoms with Gasteiger partial charge in [0.05, 0.1) is 19.9 Å². The summed E-state index contributed by atoms with van der Waals surface area (Å²) < 4.78 is 0.452. The number of rotatable bonds is 6. The minimum atomic E-state index is -0.686.